The first kappa shape index (κ1) is 18.3. The summed E-state index contributed by atoms with van der Waals surface area (Å²) in [6.45, 7) is 0. The Hall–Kier alpha value is -3.04. The lowest BCUT2D eigenvalue weighted by Gasteiger charge is -2.00. The van der Waals surface area contributed by atoms with Crippen molar-refractivity contribution in [3.63, 3.8) is 0 Å². The standard InChI is InChI=1S/C26H16S2/c27-25-13-7-19(8-14-25)1-3-21-5-11-23-12-6-22(18-24(23)17-21)4-2-20-9-15-26(28)16-10-20/h5-18,27-28H. The maximum atomic E-state index is 4.30. The molecule has 0 aliphatic rings. The van der Waals surface area contributed by atoms with Crippen molar-refractivity contribution >= 4 is 36.0 Å². The van der Waals surface area contributed by atoms with Crippen LogP contribution in [0.5, 0.6) is 0 Å². The highest BCUT2D eigenvalue weighted by molar-refractivity contribution is 7.80. The molecule has 0 amide bonds. The molecule has 0 atom stereocenters. The van der Waals surface area contributed by atoms with Crippen LogP contribution in [0.25, 0.3) is 10.8 Å². The fourth-order valence-corrected chi connectivity index (χ4v) is 3.08. The third kappa shape index (κ3) is 4.62. The minimum absolute atomic E-state index is 0.937. The van der Waals surface area contributed by atoms with Crippen LogP contribution in [0.15, 0.2) is 94.7 Å². The second-order valence-electron chi connectivity index (χ2n) is 6.37. The molecule has 0 aliphatic heterocycles. The van der Waals surface area contributed by atoms with E-state index < -0.39 is 0 Å². The number of thiol groups is 2. The number of rotatable bonds is 0. The van der Waals surface area contributed by atoms with Gasteiger partial charge in [-0.05, 0) is 83.6 Å². The van der Waals surface area contributed by atoms with E-state index in [9.17, 15) is 0 Å². The summed E-state index contributed by atoms with van der Waals surface area (Å²) in [7, 11) is 0. The van der Waals surface area contributed by atoms with Crippen molar-refractivity contribution in [1.29, 1.82) is 0 Å². The Morgan fingerprint density at radius 2 is 0.750 bits per heavy atom. The molecule has 28 heavy (non-hydrogen) atoms. The summed E-state index contributed by atoms with van der Waals surface area (Å²) in [5.41, 5.74) is 3.92. The molecule has 4 aromatic carbocycles. The minimum atomic E-state index is 0.937. The molecule has 0 aromatic heterocycles. The average Bonchev–Trinajstić information content (AvgIpc) is 2.72. The van der Waals surface area contributed by atoms with E-state index in [1.165, 1.54) is 5.39 Å². The van der Waals surface area contributed by atoms with E-state index in [4.69, 9.17) is 0 Å². The fourth-order valence-electron chi connectivity index (χ4n) is 2.78. The smallest absolute Gasteiger partial charge is 0.0255 e. The Kier molecular flexibility index (Phi) is 5.45. The molecule has 0 radical (unpaired) electrons. The van der Waals surface area contributed by atoms with Crippen molar-refractivity contribution in [1.82, 2.24) is 0 Å². The lowest BCUT2D eigenvalue weighted by atomic mass is 10.0. The summed E-state index contributed by atoms with van der Waals surface area (Å²) in [6, 6.07) is 28.2. The molecule has 0 nitrogen and oxygen atoms in total. The lowest BCUT2D eigenvalue weighted by Crippen LogP contribution is -1.81. The van der Waals surface area contributed by atoms with Gasteiger partial charge < -0.3 is 0 Å². The first-order valence-electron chi connectivity index (χ1n) is 8.82. The zero-order chi connectivity index (χ0) is 19.3. The predicted octanol–water partition coefficient (Wildman–Crippen LogP) is 6.22. The summed E-state index contributed by atoms with van der Waals surface area (Å²) in [6.07, 6.45) is 0. The third-order valence-corrected chi connectivity index (χ3v) is 4.87. The molecule has 0 bridgehead atoms. The van der Waals surface area contributed by atoms with Crippen LogP contribution in [-0.2, 0) is 0 Å². The third-order valence-electron chi connectivity index (χ3n) is 4.28. The molecule has 2 heteroatoms. The van der Waals surface area contributed by atoms with Crippen LogP contribution in [0.2, 0.25) is 0 Å². The topological polar surface area (TPSA) is 0 Å². The summed E-state index contributed by atoms with van der Waals surface area (Å²) in [5.74, 6) is 12.9. The molecule has 0 fully saturated rings. The first-order chi connectivity index (χ1) is 13.7. The molecule has 0 N–H and O–H groups in total. The van der Waals surface area contributed by atoms with Crippen LogP contribution < -0.4 is 0 Å². The van der Waals surface area contributed by atoms with Gasteiger partial charge in [-0.15, -0.1) is 25.3 Å². The van der Waals surface area contributed by atoms with E-state index in [2.05, 4.69) is 73.2 Å². The summed E-state index contributed by atoms with van der Waals surface area (Å²) in [4.78, 5) is 1.87. The maximum Gasteiger partial charge on any atom is 0.0255 e. The van der Waals surface area contributed by atoms with Gasteiger partial charge in [0.1, 0.15) is 0 Å². The van der Waals surface area contributed by atoms with E-state index in [0.29, 0.717) is 0 Å². The zero-order valence-electron chi connectivity index (χ0n) is 15.0. The molecule has 4 aromatic rings. The normalized spacial score (nSPS) is 9.93. The molecule has 132 valence electrons. The van der Waals surface area contributed by atoms with E-state index in [0.717, 1.165) is 37.4 Å². The van der Waals surface area contributed by atoms with Crippen LogP contribution >= 0.6 is 25.3 Å². The Labute approximate surface area is 176 Å². The van der Waals surface area contributed by atoms with Crippen molar-refractivity contribution in [3.05, 3.63) is 107 Å². The maximum absolute atomic E-state index is 4.30. The number of benzene rings is 4. The van der Waals surface area contributed by atoms with Crippen LogP contribution in [0, 0.1) is 23.7 Å². The monoisotopic (exact) mass is 392 g/mol. The van der Waals surface area contributed by atoms with E-state index in [1.807, 2.05) is 60.7 Å². The molecule has 0 saturated heterocycles. The van der Waals surface area contributed by atoms with Gasteiger partial charge in [-0.1, -0.05) is 35.8 Å². The Morgan fingerprint density at radius 1 is 0.393 bits per heavy atom. The van der Waals surface area contributed by atoms with Crippen molar-refractivity contribution in [2.75, 3.05) is 0 Å². The molecule has 0 aliphatic carbocycles. The van der Waals surface area contributed by atoms with Crippen LogP contribution in [0.3, 0.4) is 0 Å². The molecule has 0 unspecified atom stereocenters. The van der Waals surface area contributed by atoms with E-state index in [1.54, 1.807) is 0 Å². The predicted molar refractivity (Wildman–Crippen MR) is 123 cm³/mol. The van der Waals surface area contributed by atoms with Gasteiger partial charge >= 0.3 is 0 Å². The van der Waals surface area contributed by atoms with Gasteiger partial charge in [-0.3, -0.25) is 0 Å². The van der Waals surface area contributed by atoms with Crippen molar-refractivity contribution in [3.8, 4) is 23.7 Å². The average molecular weight is 393 g/mol. The largest absolute Gasteiger partial charge is 0.143 e. The number of hydrogen-bond acceptors (Lipinski definition) is 2. The van der Waals surface area contributed by atoms with Crippen LogP contribution in [0.4, 0.5) is 0 Å². The zero-order valence-corrected chi connectivity index (χ0v) is 16.8. The van der Waals surface area contributed by atoms with Crippen LogP contribution in [0.1, 0.15) is 22.3 Å². The Balaban J connectivity index is 1.62. The molecule has 0 spiro atoms. The van der Waals surface area contributed by atoms with Gasteiger partial charge in [0, 0.05) is 32.0 Å². The van der Waals surface area contributed by atoms with Gasteiger partial charge in [0.05, 0.1) is 0 Å². The Morgan fingerprint density at radius 3 is 1.18 bits per heavy atom. The number of hydrogen-bond donors (Lipinski definition) is 2. The van der Waals surface area contributed by atoms with Crippen LogP contribution in [-0.4, -0.2) is 0 Å². The minimum Gasteiger partial charge on any atom is -0.143 e. The quantitative estimate of drug-likeness (QED) is 0.258. The highest BCUT2D eigenvalue weighted by atomic mass is 32.1. The molecule has 4 rings (SSSR count). The van der Waals surface area contributed by atoms with E-state index >= 15 is 0 Å². The van der Waals surface area contributed by atoms with Gasteiger partial charge in [0.25, 0.3) is 0 Å². The number of fused-ring (bicyclic) bond motifs is 1. The SMILES string of the molecule is Sc1ccc(C#Cc2ccc3ccc(C#Cc4ccc(S)cc4)cc3c2)cc1. The molecular weight excluding hydrogens is 376 g/mol. The molecule has 0 heterocycles. The summed E-state index contributed by atoms with van der Waals surface area (Å²) in [5, 5.41) is 2.31. The second kappa shape index (κ2) is 8.32. The van der Waals surface area contributed by atoms with Gasteiger partial charge in [-0.25, -0.2) is 0 Å². The lowest BCUT2D eigenvalue weighted by molar-refractivity contribution is 1.46. The Bertz CT molecular complexity index is 1160. The molecular formula is C26H16S2. The second-order valence-corrected chi connectivity index (χ2v) is 7.40. The van der Waals surface area contributed by atoms with Crippen molar-refractivity contribution in [2.45, 2.75) is 9.79 Å². The van der Waals surface area contributed by atoms with Crippen molar-refractivity contribution < 1.29 is 0 Å². The molecule has 0 saturated carbocycles. The first-order valence-corrected chi connectivity index (χ1v) is 9.71. The summed E-state index contributed by atoms with van der Waals surface area (Å²) >= 11 is 8.60. The highest BCUT2D eigenvalue weighted by Crippen LogP contribution is 2.18. The van der Waals surface area contributed by atoms with Crippen molar-refractivity contribution in [2.24, 2.45) is 0 Å². The highest BCUT2D eigenvalue weighted by Gasteiger charge is 1.97. The van der Waals surface area contributed by atoms with E-state index in [-0.39, 0.29) is 0 Å². The summed E-state index contributed by atoms with van der Waals surface area (Å²) < 4.78 is 0. The van der Waals surface area contributed by atoms with Gasteiger partial charge in [0.2, 0.25) is 0 Å². The van der Waals surface area contributed by atoms with Gasteiger partial charge in [-0.2, -0.15) is 0 Å². The van der Waals surface area contributed by atoms with Gasteiger partial charge in [0.15, 0.2) is 0 Å². The fraction of sp³-hybridized carbons (Fsp3) is 0.